The molecule has 2 aliphatic heterocycles. The Hall–Kier alpha value is -1.41. The van der Waals surface area contributed by atoms with Crippen LogP contribution >= 0.6 is 32.5 Å². The number of hydrogen-bond donors (Lipinski definition) is 1. The molecule has 5 rings (SSSR count). The number of nitrogens with zero attached hydrogens (tertiary/aromatic N) is 2. The lowest BCUT2D eigenvalue weighted by atomic mass is 9.83. The van der Waals surface area contributed by atoms with Crippen molar-refractivity contribution < 1.29 is 12.4 Å². The van der Waals surface area contributed by atoms with E-state index in [1.165, 1.54) is 48.8 Å². The average Bonchev–Trinajstić information content (AvgIpc) is 3.36. The van der Waals surface area contributed by atoms with Gasteiger partial charge in [0.1, 0.15) is 11.5 Å². The second kappa shape index (κ2) is 12.6. The minimum atomic E-state index is 0.0589. The van der Waals surface area contributed by atoms with Gasteiger partial charge >= 0.3 is 0 Å². The lowest BCUT2D eigenvalue weighted by molar-refractivity contribution is 0.0748. The molecule has 3 aliphatic rings. The first-order chi connectivity index (χ1) is 18.1. The van der Waals surface area contributed by atoms with Crippen molar-refractivity contribution in [2.75, 3.05) is 26.2 Å². The molecule has 0 aromatic heterocycles. The fourth-order valence-corrected chi connectivity index (χ4v) is 6.91. The number of carbonyl (C=O) groups excluding carboxylic acids is 1. The van der Waals surface area contributed by atoms with Crippen LogP contribution in [0.4, 0.5) is 0 Å². The highest BCUT2D eigenvalue weighted by Gasteiger charge is 2.31. The Kier molecular flexibility index (Phi) is 9.27. The SMILES string of the molecule is Cc1c(OP)cc(OI)c(C(=O)N2Cc3ccc(CN4CCNCC4)cc3C2)c1CCC1CCCCC1. The highest BCUT2D eigenvalue weighted by atomic mass is 127. The number of halogens is 1. The fraction of sp³-hybridized carbons (Fsp3) is 0.552. The molecular weight excluding hydrogens is 596 g/mol. The monoisotopic (exact) mass is 635 g/mol. The Bertz CT molecular complexity index is 1120. The van der Waals surface area contributed by atoms with Crippen molar-refractivity contribution in [2.45, 2.75) is 71.5 Å². The van der Waals surface area contributed by atoms with E-state index < -0.39 is 0 Å². The van der Waals surface area contributed by atoms with Gasteiger partial charge in [-0.25, -0.2) is 0 Å². The zero-order chi connectivity index (χ0) is 25.8. The van der Waals surface area contributed by atoms with Gasteiger partial charge in [0.05, 0.1) is 15.0 Å². The van der Waals surface area contributed by atoms with Crippen molar-refractivity contribution in [3.8, 4) is 11.5 Å². The predicted octanol–water partition coefficient (Wildman–Crippen LogP) is 5.97. The van der Waals surface area contributed by atoms with Crippen LogP contribution in [0.25, 0.3) is 0 Å². The third kappa shape index (κ3) is 6.26. The molecule has 0 bridgehead atoms. The molecule has 0 spiro atoms. The molecule has 6 nitrogen and oxygen atoms in total. The molecule has 1 atom stereocenters. The molecule has 1 unspecified atom stereocenters. The zero-order valence-corrected chi connectivity index (χ0v) is 25.2. The van der Waals surface area contributed by atoms with E-state index in [1.54, 1.807) is 0 Å². The van der Waals surface area contributed by atoms with E-state index in [-0.39, 0.29) is 5.91 Å². The summed E-state index contributed by atoms with van der Waals surface area (Å²) in [4.78, 5) is 18.6. The van der Waals surface area contributed by atoms with Gasteiger partial charge in [0, 0.05) is 51.9 Å². The van der Waals surface area contributed by atoms with Crippen LogP contribution in [0.2, 0.25) is 0 Å². The molecule has 2 aromatic rings. The summed E-state index contributed by atoms with van der Waals surface area (Å²) in [5.41, 5.74) is 6.68. The lowest BCUT2D eigenvalue weighted by Crippen LogP contribution is -2.42. The third-order valence-electron chi connectivity index (χ3n) is 8.48. The maximum atomic E-state index is 14.1. The summed E-state index contributed by atoms with van der Waals surface area (Å²) in [6.07, 6.45) is 8.60. The second-order valence-corrected chi connectivity index (χ2v) is 11.6. The van der Waals surface area contributed by atoms with E-state index >= 15 is 0 Å². The standard InChI is InChI=1S/C29H39IN3O3P/c1-20-25(10-8-21-5-3-2-4-6-21)28(27(35-30)16-26(20)36-37)29(34)33-18-23-9-7-22(15-24(23)19-33)17-32-13-11-31-12-14-32/h7,9,15-16,21,31H,2-6,8,10-14,17-19,37H2,1H3. The highest BCUT2D eigenvalue weighted by Crippen LogP contribution is 2.39. The topological polar surface area (TPSA) is 54.0 Å². The quantitative estimate of drug-likeness (QED) is 0.287. The number of nitrogens with one attached hydrogen (secondary N) is 1. The number of rotatable bonds is 8. The van der Waals surface area contributed by atoms with Crippen molar-refractivity contribution in [1.82, 2.24) is 15.1 Å². The maximum Gasteiger partial charge on any atom is 0.258 e. The van der Waals surface area contributed by atoms with E-state index in [0.29, 0.717) is 24.4 Å². The smallest absolute Gasteiger partial charge is 0.258 e. The van der Waals surface area contributed by atoms with Crippen LogP contribution in [0.5, 0.6) is 11.5 Å². The van der Waals surface area contributed by atoms with Crippen molar-refractivity contribution in [3.63, 3.8) is 0 Å². The number of amides is 1. The third-order valence-corrected chi connectivity index (χ3v) is 9.21. The molecule has 1 saturated heterocycles. The zero-order valence-electron chi connectivity index (χ0n) is 21.9. The van der Waals surface area contributed by atoms with Crippen molar-refractivity contribution in [3.05, 3.63) is 57.6 Å². The number of benzene rings is 2. The van der Waals surface area contributed by atoms with E-state index in [4.69, 9.17) is 7.59 Å². The number of fused-ring (bicyclic) bond motifs is 1. The van der Waals surface area contributed by atoms with Crippen LogP contribution in [0.3, 0.4) is 0 Å². The van der Waals surface area contributed by atoms with Crippen LogP contribution in [-0.2, 0) is 26.1 Å². The van der Waals surface area contributed by atoms with Crippen molar-refractivity contribution in [2.24, 2.45) is 5.92 Å². The van der Waals surface area contributed by atoms with Gasteiger partial charge in [-0.15, -0.1) is 0 Å². The number of hydrogen-bond acceptors (Lipinski definition) is 5. The Morgan fingerprint density at radius 1 is 1.08 bits per heavy atom. The first-order valence-electron chi connectivity index (χ1n) is 13.7. The van der Waals surface area contributed by atoms with Crippen LogP contribution in [0.1, 0.15) is 76.7 Å². The second-order valence-electron chi connectivity index (χ2n) is 10.9. The Labute approximate surface area is 237 Å². The first-order valence-corrected chi connectivity index (χ1v) is 15.1. The summed E-state index contributed by atoms with van der Waals surface area (Å²) >= 11 is 1.90. The summed E-state index contributed by atoms with van der Waals surface area (Å²) in [7, 11) is 2.35. The van der Waals surface area contributed by atoms with Gasteiger partial charge < -0.3 is 17.8 Å². The molecule has 1 N–H and O–H groups in total. The Morgan fingerprint density at radius 3 is 2.57 bits per heavy atom. The summed E-state index contributed by atoms with van der Waals surface area (Å²) < 4.78 is 11.4. The van der Waals surface area contributed by atoms with Gasteiger partial charge in [-0.2, -0.15) is 0 Å². The van der Waals surface area contributed by atoms with Crippen molar-refractivity contribution in [1.29, 1.82) is 0 Å². The van der Waals surface area contributed by atoms with Gasteiger partial charge in [0.15, 0.2) is 23.0 Å². The predicted molar refractivity (Wildman–Crippen MR) is 159 cm³/mol. The minimum Gasteiger partial charge on any atom is -0.480 e. The lowest BCUT2D eigenvalue weighted by Gasteiger charge is -2.27. The molecule has 1 saturated carbocycles. The normalized spacial score (nSPS) is 18.6. The molecule has 0 radical (unpaired) electrons. The molecule has 2 heterocycles. The molecule has 2 fully saturated rings. The Balaban J connectivity index is 1.37. The summed E-state index contributed by atoms with van der Waals surface area (Å²) in [5.74, 6) is 2.16. The molecule has 37 heavy (non-hydrogen) atoms. The fourth-order valence-electron chi connectivity index (χ4n) is 6.31. The van der Waals surface area contributed by atoms with Gasteiger partial charge in [0.25, 0.3) is 5.91 Å². The van der Waals surface area contributed by atoms with Gasteiger partial charge in [0.2, 0.25) is 0 Å². The Morgan fingerprint density at radius 2 is 1.84 bits per heavy atom. The maximum absolute atomic E-state index is 14.1. The molecule has 1 amide bonds. The summed E-state index contributed by atoms with van der Waals surface area (Å²) in [6.45, 7) is 8.61. The molecule has 2 aromatic carbocycles. The van der Waals surface area contributed by atoms with Crippen LogP contribution in [0.15, 0.2) is 24.3 Å². The molecule has 8 heteroatoms. The number of carbonyl (C=O) groups is 1. The highest BCUT2D eigenvalue weighted by molar-refractivity contribution is 14.1. The van der Waals surface area contributed by atoms with Gasteiger partial charge in [-0.1, -0.05) is 50.3 Å². The van der Waals surface area contributed by atoms with E-state index in [1.807, 2.05) is 34.0 Å². The van der Waals surface area contributed by atoms with E-state index in [0.717, 1.165) is 68.4 Å². The average molecular weight is 636 g/mol. The van der Waals surface area contributed by atoms with Crippen LogP contribution in [-0.4, -0.2) is 41.9 Å². The first kappa shape index (κ1) is 27.2. The van der Waals surface area contributed by atoms with Crippen LogP contribution < -0.4 is 12.9 Å². The van der Waals surface area contributed by atoms with E-state index in [2.05, 4.69) is 44.8 Å². The molecule has 1 aliphatic carbocycles. The van der Waals surface area contributed by atoms with Gasteiger partial charge in [-0.3, -0.25) is 9.69 Å². The van der Waals surface area contributed by atoms with Crippen molar-refractivity contribution >= 4 is 38.4 Å². The minimum absolute atomic E-state index is 0.0589. The van der Waals surface area contributed by atoms with E-state index in [9.17, 15) is 4.79 Å². The summed E-state index contributed by atoms with van der Waals surface area (Å²) in [6, 6.07) is 8.62. The van der Waals surface area contributed by atoms with Gasteiger partial charge in [-0.05, 0) is 53.5 Å². The number of piperazine rings is 1. The molecular formula is C29H39IN3O3P. The summed E-state index contributed by atoms with van der Waals surface area (Å²) in [5, 5.41) is 3.42. The molecule has 200 valence electrons. The van der Waals surface area contributed by atoms with Crippen LogP contribution in [0, 0.1) is 12.8 Å². The largest absolute Gasteiger partial charge is 0.480 e.